The van der Waals surface area contributed by atoms with Crippen LogP contribution in [0.4, 0.5) is 5.69 Å². The van der Waals surface area contributed by atoms with Crippen LogP contribution in [0.5, 0.6) is 0 Å². The van der Waals surface area contributed by atoms with Gasteiger partial charge in [-0.1, -0.05) is 115 Å². The molecule has 0 unspecified atom stereocenters. The first kappa shape index (κ1) is 34.0. The molecule has 0 saturated carbocycles. The third kappa shape index (κ3) is 9.10. The van der Waals surface area contributed by atoms with Gasteiger partial charge < -0.3 is 10.2 Å². The van der Waals surface area contributed by atoms with E-state index in [-0.39, 0.29) is 39.5 Å². The second-order valence-corrected chi connectivity index (χ2v) is 13.5. The number of carbonyl (C=O) groups is 2. The Morgan fingerprint density at radius 2 is 1.44 bits per heavy atom. The van der Waals surface area contributed by atoms with E-state index >= 15 is 0 Å². The number of amides is 2. The highest BCUT2D eigenvalue weighted by atomic mass is 35.5. The van der Waals surface area contributed by atoms with Gasteiger partial charge >= 0.3 is 0 Å². The number of hydrogen-bond donors (Lipinski definition) is 1. The Hall–Kier alpha value is -3.85. The van der Waals surface area contributed by atoms with E-state index in [4.69, 9.17) is 23.2 Å². The molecule has 0 aromatic heterocycles. The molecule has 4 aromatic rings. The average Bonchev–Trinajstić information content (AvgIpc) is 3.04. The van der Waals surface area contributed by atoms with Crippen molar-refractivity contribution in [1.29, 1.82) is 0 Å². The minimum atomic E-state index is -4.24. The number of halogens is 2. The normalized spacial score (nSPS) is 11.9. The number of nitrogens with zero attached hydrogens (tertiary/aromatic N) is 2. The maximum Gasteiger partial charge on any atom is 0.264 e. The van der Waals surface area contributed by atoms with Gasteiger partial charge in [0.05, 0.1) is 20.6 Å². The Kier molecular flexibility index (Phi) is 12.0. The molecule has 0 spiro atoms. The van der Waals surface area contributed by atoms with Crippen molar-refractivity contribution in [1.82, 2.24) is 10.2 Å². The summed E-state index contributed by atoms with van der Waals surface area (Å²) in [6.07, 6.45) is 1.93. The number of sulfonamides is 1. The summed E-state index contributed by atoms with van der Waals surface area (Å²) in [6, 6.07) is 28.7. The summed E-state index contributed by atoms with van der Waals surface area (Å²) in [4.78, 5) is 29.7. The molecule has 0 aliphatic rings. The molecule has 0 bridgehead atoms. The Balaban J connectivity index is 1.79. The maximum absolute atomic E-state index is 14.5. The Morgan fingerprint density at radius 1 is 0.822 bits per heavy atom. The lowest BCUT2D eigenvalue weighted by atomic mass is 10.0. The minimum Gasteiger partial charge on any atom is -0.354 e. The van der Waals surface area contributed by atoms with Gasteiger partial charge in [0.1, 0.15) is 12.6 Å². The van der Waals surface area contributed by atoms with Crippen LogP contribution in [0.1, 0.15) is 36.5 Å². The van der Waals surface area contributed by atoms with Gasteiger partial charge in [-0.05, 0) is 54.8 Å². The van der Waals surface area contributed by atoms with Gasteiger partial charge in [-0.25, -0.2) is 8.42 Å². The van der Waals surface area contributed by atoms with Crippen molar-refractivity contribution in [3.05, 3.63) is 130 Å². The van der Waals surface area contributed by atoms with Gasteiger partial charge in [0.15, 0.2) is 0 Å². The monoisotopic (exact) mass is 665 g/mol. The number of benzene rings is 4. The zero-order valence-electron chi connectivity index (χ0n) is 25.3. The number of unbranched alkanes of at least 4 members (excludes halogenated alkanes) is 1. The van der Waals surface area contributed by atoms with Gasteiger partial charge in [0.2, 0.25) is 11.8 Å². The minimum absolute atomic E-state index is 0.0136. The predicted octanol–water partition coefficient (Wildman–Crippen LogP) is 7.05. The third-order valence-corrected chi connectivity index (χ3v) is 9.90. The molecule has 0 aliphatic heterocycles. The van der Waals surface area contributed by atoms with Crippen molar-refractivity contribution in [3.63, 3.8) is 0 Å². The van der Waals surface area contributed by atoms with Crippen LogP contribution in [0.3, 0.4) is 0 Å². The number of hydrogen-bond acceptors (Lipinski definition) is 4. The number of rotatable bonds is 14. The SMILES string of the molecule is CCCCNC(=O)[C@H](Cc1ccccc1)N(Cc1ccccc1)C(=O)CN(c1ccc(Cl)c(Cl)c1)S(=O)(=O)c1ccc(C)cc1. The van der Waals surface area contributed by atoms with E-state index in [9.17, 15) is 18.0 Å². The van der Waals surface area contributed by atoms with Crippen molar-refractivity contribution in [3.8, 4) is 0 Å². The number of aryl methyl sites for hydroxylation is 1. The van der Waals surface area contributed by atoms with Crippen molar-refractivity contribution < 1.29 is 18.0 Å². The second-order valence-electron chi connectivity index (χ2n) is 10.8. The van der Waals surface area contributed by atoms with E-state index in [1.165, 1.54) is 35.2 Å². The first-order chi connectivity index (χ1) is 21.6. The average molecular weight is 667 g/mol. The quantitative estimate of drug-likeness (QED) is 0.146. The zero-order chi connectivity index (χ0) is 32.4. The molecule has 4 rings (SSSR count). The topological polar surface area (TPSA) is 86.8 Å². The molecule has 10 heteroatoms. The lowest BCUT2D eigenvalue weighted by Gasteiger charge is -2.34. The molecule has 7 nitrogen and oxygen atoms in total. The number of nitrogens with one attached hydrogen (secondary N) is 1. The summed E-state index contributed by atoms with van der Waals surface area (Å²) in [5.74, 6) is -0.855. The first-order valence-corrected chi connectivity index (χ1v) is 17.0. The molecule has 0 fully saturated rings. The lowest BCUT2D eigenvalue weighted by molar-refractivity contribution is -0.140. The van der Waals surface area contributed by atoms with E-state index in [0.29, 0.717) is 6.54 Å². The summed E-state index contributed by atoms with van der Waals surface area (Å²) in [5.41, 5.74) is 2.73. The van der Waals surface area contributed by atoms with E-state index in [0.717, 1.165) is 33.8 Å². The van der Waals surface area contributed by atoms with Gasteiger partial charge in [0.25, 0.3) is 10.0 Å². The van der Waals surface area contributed by atoms with E-state index < -0.39 is 28.5 Å². The molecule has 0 radical (unpaired) electrons. The second kappa shape index (κ2) is 15.9. The van der Waals surface area contributed by atoms with Gasteiger partial charge in [0, 0.05) is 19.5 Å². The van der Waals surface area contributed by atoms with Crippen LogP contribution in [0.2, 0.25) is 10.0 Å². The molecule has 2 amide bonds. The largest absolute Gasteiger partial charge is 0.354 e. The molecule has 1 N–H and O–H groups in total. The van der Waals surface area contributed by atoms with E-state index in [2.05, 4.69) is 5.32 Å². The molecule has 1 atom stereocenters. The first-order valence-electron chi connectivity index (χ1n) is 14.8. The van der Waals surface area contributed by atoms with Crippen LogP contribution in [-0.2, 0) is 32.6 Å². The molecule has 4 aromatic carbocycles. The third-order valence-electron chi connectivity index (χ3n) is 7.38. The molecular formula is C35H37Cl2N3O4S. The Bertz CT molecular complexity index is 1690. The smallest absolute Gasteiger partial charge is 0.264 e. The standard InChI is InChI=1S/C35H37Cl2N3O4S/c1-3-4-21-38-35(42)33(22-27-11-7-5-8-12-27)39(24-28-13-9-6-10-14-28)34(41)25-40(29-17-20-31(36)32(37)23-29)45(43,44)30-18-15-26(2)16-19-30/h5-20,23,33H,3-4,21-22,24-25H2,1-2H3,(H,38,42)/t33-/m0/s1. The van der Waals surface area contributed by atoms with Crippen LogP contribution in [-0.4, -0.2) is 44.3 Å². The highest BCUT2D eigenvalue weighted by Gasteiger charge is 2.34. The summed E-state index contributed by atoms with van der Waals surface area (Å²) in [5, 5.41) is 3.38. The number of carbonyl (C=O) groups excluding carboxylic acids is 2. The summed E-state index contributed by atoms with van der Waals surface area (Å²) < 4.78 is 29.3. The fourth-order valence-corrected chi connectivity index (χ4v) is 6.54. The molecule has 0 aliphatic carbocycles. The molecule has 0 heterocycles. The maximum atomic E-state index is 14.5. The van der Waals surface area contributed by atoms with Gasteiger partial charge in [-0.15, -0.1) is 0 Å². The fourth-order valence-electron chi connectivity index (χ4n) is 4.85. The van der Waals surface area contributed by atoms with Crippen molar-refractivity contribution in [2.75, 3.05) is 17.4 Å². The zero-order valence-corrected chi connectivity index (χ0v) is 27.7. The molecule has 0 saturated heterocycles. The number of anilines is 1. The highest BCUT2D eigenvalue weighted by Crippen LogP contribution is 2.31. The van der Waals surface area contributed by atoms with Crippen LogP contribution < -0.4 is 9.62 Å². The predicted molar refractivity (Wildman–Crippen MR) is 181 cm³/mol. The molecular weight excluding hydrogens is 629 g/mol. The van der Waals surface area contributed by atoms with E-state index in [1.54, 1.807) is 12.1 Å². The van der Waals surface area contributed by atoms with Crippen molar-refractivity contribution in [2.45, 2.75) is 50.6 Å². The van der Waals surface area contributed by atoms with Crippen molar-refractivity contribution in [2.24, 2.45) is 0 Å². The lowest BCUT2D eigenvalue weighted by Crippen LogP contribution is -2.53. The van der Waals surface area contributed by atoms with Crippen molar-refractivity contribution >= 4 is 50.7 Å². The fraction of sp³-hybridized carbons (Fsp3) is 0.257. The van der Waals surface area contributed by atoms with Crippen LogP contribution in [0, 0.1) is 6.92 Å². The Labute approximate surface area is 275 Å². The van der Waals surface area contributed by atoms with Gasteiger partial charge in [-0.3, -0.25) is 13.9 Å². The summed E-state index contributed by atoms with van der Waals surface area (Å²) in [6.45, 7) is 3.87. The Morgan fingerprint density at radius 3 is 2.04 bits per heavy atom. The van der Waals surface area contributed by atoms with Crippen LogP contribution in [0.25, 0.3) is 0 Å². The van der Waals surface area contributed by atoms with E-state index in [1.807, 2.05) is 74.5 Å². The van der Waals surface area contributed by atoms with Crippen LogP contribution >= 0.6 is 23.2 Å². The van der Waals surface area contributed by atoms with Gasteiger partial charge in [-0.2, -0.15) is 0 Å². The van der Waals surface area contributed by atoms with Crippen LogP contribution in [0.15, 0.2) is 108 Å². The molecule has 236 valence electrons. The summed E-state index contributed by atoms with van der Waals surface area (Å²) >= 11 is 12.5. The highest BCUT2D eigenvalue weighted by molar-refractivity contribution is 7.92. The molecule has 45 heavy (non-hydrogen) atoms. The summed E-state index contributed by atoms with van der Waals surface area (Å²) in [7, 11) is -4.24.